The molecule has 0 radical (unpaired) electrons. The summed E-state index contributed by atoms with van der Waals surface area (Å²) in [6.45, 7) is 2.45. The number of halogens is 1. The molecule has 1 heterocycles. The summed E-state index contributed by atoms with van der Waals surface area (Å²) < 4.78 is 16.6. The van der Waals surface area contributed by atoms with Gasteiger partial charge in [0.05, 0.1) is 24.9 Å². The van der Waals surface area contributed by atoms with Crippen molar-refractivity contribution in [2.45, 2.75) is 32.0 Å². The molecule has 2 rings (SSSR count). The number of benzene rings is 1. The van der Waals surface area contributed by atoms with Crippen molar-refractivity contribution >= 4 is 17.9 Å². The van der Waals surface area contributed by atoms with Gasteiger partial charge in [0, 0.05) is 11.1 Å². The molecule has 4 nitrogen and oxygen atoms in total. The number of carbonyl (C=O) groups is 1. The maximum atomic E-state index is 11.1. The van der Waals surface area contributed by atoms with Crippen LogP contribution in [0.25, 0.3) is 0 Å². The average Bonchev–Trinajstić information content (AvgIpc) is 2.81. The molecule has 0 N–H and O–H groups in total. The van der Waals surface area contributed by atoms with Crippen LogP contribution < -0.4 is 9.47 Å². The molecule has 0 bridgehead atoms. The standard InChI is InChI=1S/C14H17ClO4/c1-9-3-4-12(19-9)8-18-14-10(7-16)5-11(15)6-13(14)17-2/h5-7,9,12H,3-4,8H2,1-2H3. The molecular formula is C14H17ClO4. The van der Waals surface area contributed by atoms with Crippen LogP contribution in [0.3, 0.4) is 0 Å². The van der Waals surface area contributed by atoms with E-state index in [9.17, 15) is 4.79 Å². The molecule has 5 heteroatoms. The fraction of sp³-hybridized carbons (Fsp3) is 0.500. The van der Waals surface area contributed by atoms with Crippen molar-refractivity contribution in [1.82, 2.24) is 0 Å². The van der Waals surface area contributed by atoms with Crippen molar-refractivity contribution in [1.29, 1.82) is 0 Å². The monoisotopic (exact) mass is 284 g/mol. The third-order valence-electron chi connectivity index (χ3n) is 3.13. The molecular weight excluding hydrogens is 268 g/mol. The Bertz CT molecular complexity index is 461. The van der Waals surface area contributed by atoms with Crippen LogP contribution in [-0.4, -0.2) is 32.2 Å². The Kier molecular flexibility index (Phi) is 4.66. The van der Waals surface area contributed by atoms with Gasteiger partial charge in [0.15, 0.2) is 17.8 Å². The predicted molar refractivity (Wildman–Crippen MR) is 72.5 cm³/mol. The highest BCUT2D eigenvalue weighted by atomic mass is 35.5. The molecule has 1 aliphatic rings. The Morgan fingerprint density at radius 1 is 1.47 bits per heavy atom. The second-order valence-electron chi connectivity index (χ2n) is 4.60. The van der Waals surface area contributed by atoms with Crippen molar-refractivity contribution in [3.05, 3.63) is 22.7 Å². The van der Waals surface area contributed by atoms with E-state index in [4.69, 9.17) is 25.8 Å². The second-order valence-corrected chi connectivity index (χ2v) is 5.04. The molecule has 19 heavy (non-hydrogen) atoms. The van der Waals surface area contributed by atoms with Gasteiger partial charge in [0.2, 0.25) is 0 Å². The first-order valence-electron chi connectivity index (χ1n) is 6.25. The Morgan fingerprint density at radius 2 is 2.26 bits per heavy atom. The summed E-state index contributed by atoms with van der Waals surface area (Å²) in [7, 11) is 1.52. The minimum Gasteiger partial charge on any atom is -0.493 e. The minimum absolute atomic E-state index is 0.0647. The number of carbonyl (C=O) groups excluding carboxylic acids is 1. The van der Waals surface area contributed by atoms with Gasteiger partial charge in [-0.05, 0) is 25.8 Å². The maximum Gasteiger partial charge on any atom is 0.171 e. The number of ether oxygens (including phenoxy) is 3. The largest absolute Gasteiger partial charge is 0.493 e. The zero-order valence-electron chi connectivity index (χ0n) is 11.0. The van der Waals surface area contributed by atoms with Crippen LogP contribution >= 0.6 is 11.6 Å². The molecule has 1 fully saturated rings. The van der Waals surface area contributed by atoms with E-state index in [1.807, 2.05) is 6.92 Å². The van der Waals surface area contributed by atoms with E-state index >= 15 is 0 Å². The van der Waals surface area contributed by atoms with Crippen LogP contribution in [0, 0.1) is 0 Å². The van der Waals surface area contributed by atoms with Crippen LogP contribution in [0.1, 0.15) is 30.1 Å². The molecule has 0 spiro atoms. The molecule has 2 unspecified atom stereocenters. The van der Waals surface area contributed by atoms with Crippen molar-refractivity contribution < 1.29 is 19.0 Å². The molecule has 1 aromatic carbocycles. The number of hydrogen-bond acceptors (Lipinski definition) is 4. The van der Waals surface area contributed by atoms with Crippen molar-refractivity contribution in [3.63, 3.8) is 0 Å². The quantitative estimate of drug-likeness (QED) is 0.780. The van der Waals surface area contributed by atoms with E-state index in [-0.39, 0.29) is 12.2 Å². The zero-order chi connectivity index (χ0) is 13.8. The number of aldehydes is 1. The zero-order valence-corrected chi connectivity index (χ0v) is 11.8. The molecule has 0 aromatic heterocycles. The molecule has 0 aliphatic carbocycles. The molecule has 2 atom stereocenters. The van der Waals surface area contributed by atoms with Gasteiger partial charge in [-0.2, -0.15) is 0 Å². The van der Waals surface area contributed by atoms with Gasteiger partial charge in [-0.25, -0.2) is 0 Å². The van der Waals surface area contributed by atoms with Crippen molar-refractivity contribution in [2.24, 2.45) is 0 Å². The summed E-state index contributed by atoms with van der Waals surface area (Å²) in [5.41, 5.74) is 0.385. The van der Waals surface area contributed by atoms with Gasteiger partial charge < -0.3 is 14.2 Å². The fourth-order valence-electron chi connectivity index (χ4n) is 2.17. The van der Waals surface area contributed by atoms with Gasteiger partial charge in [-0.15, -0.1) is 0 Å². The first-order valence-corrected chi connectivity index (χ1v) is 6.62. The first kappa shape index (κ1) is 14.2. The predicted octanol–water partition coefficient (Wildman–Crippen LogP) is 3.11. The number of rotatable bonds is 5. The van der Waals surface area contributed by atoms with Crippen molar-refractivity contribution in [3.8, 4) is 11.5 Å². The van der Waals surface area contributed by atoms with E-state index in [1.165, 1.54) is 7.11 Å². The van der Waals surface area contributed by atoms with E-state index < -0.39 is 0 Å². The van der Waals surface area contributed by atoms with Crippen LogP contribution in [0.15, 0.2) is 12.1 Å². The lowest BCUT2D eigenvalue weighted by Crippen LogP contribution is -2.18. The van der Waals surface area contributed by atoms with Gasteiger partial charge >= 0.3 is 0 Å². The lowest BCUT2D eigenvalue weighted by molar-refractivity contribution is 0.0257. The van der Waals surface area contributed by atoms with Gasteiger partial charge in [-0.3, -0.25) is 4.79 Å². The lowest BCUT2D eigenvalue weighted by atomic mass is 10.2. The second kappa shape index (κ2) is 6.26. The number of methoxy groups -OCH3 is 1. The smallest absolute Gasteiger partial charge is 0.171 e. The van der Waals surface area contributed by atoms with E-state index in [0.717, 1.165) is 12.8 Å². The summed E-state index contributed by atoms with van der Waals surface area (Å²) in [4.78, 5) is 11.1. The highest BCUT2D eigenvalue weighted by Gasteiger charge is 2.23. The van der Waals surface area contributed by atoms with Crippen molar-refractivity contribution in [2.75, 3.05) is 13.7 Å². The summed E-state index contributed by atoms with van der Waals surface area (Å²) in [5, 5.41) is 0.442. The highest BCUT2D eigenvalue weighted by Crippen LogP contribution is 2.34. The topological polar surface area (TPSA) is 44.8 Å². The van der Waals surface area contributed by atoms with Crippen LogP contribution in [0.2, 0.25) is 5.02 Å². The average molecular weight is 285 g/mol. The Balaban J connectivity index is 2.12. The Morgan fingerprint density at radius 3 is 2.84 bits per heavy atom. The highest BCUT2D eigenvalue weighted by molar-refractivity contribution is 6.31. The summed E-state index contributed by atoms with van der Waals surface area (Å²) in [5.74, 6) is 0.880. The molecule has 0 amide bonds. The Labute approximate surface area is 117 Å². The van der Waals surface area contributed by atoms with E-state index in [0.29, 0.717) is 35.0 Å². The summed E-state index contributed by atoms with van der Waals surface area (Å²) >= 11 is 5.91. The van der Waals surface area contributed by atoms with Crippen LogP contribution in [-0.2, 0) is 4.74 Å². The lowest BCUT2D eigenvalue weighted by Gasteiger charge is -2.16. The van der Waals surface area contributed by atoms with E-state index in [2.05, 4.69) is 0 Å². The van der Waals surface area contributed by atoms with E-state index in [1.54, 1.807) is 12.1 Å². The summed E-state index contributed by atoms with van der Waals surface area (Å²) in [6, 6.07) is 3.19. The molecule has 1 saturated heterocycles. The third-order valence-corrected chi connectivity index (χ3v) is 3.35. The molecule has 1 aliphatic heterocycles. The molecule has 104 valence electrons. The van der Waals surface area contributed by atoms with Gasteiger partial charge in [-0.1, -0.05) is 11.6 Å². The minimum atomic E-state index is 0.0647. The third kappa shape index (κ3) is 3.39. The van der Waals surface area contributed by atoms with Gasteiger partial charge in [0.1, 0.15) is 6.61 Å². The SMILES string of the molecule is COc1cc(Cl)cc(C=O)c1OCC1CCC(C)O1. The van der Waals surface area contributed by atoms with Crippen LogP contribution in [0.5, 0.6) is 11.5 Å². The Hall–Kier alpha value is -1.26. The maximum absolute atomic E-state index is 11.1. The summed E-state index contributed by atoms with van der Waals surface area (Å²) in [6.07, 6.45) is 3.04. The molecule has 0 saturated carbocycles. The van der Waals surface area contributed by atoms with Crippen LogP contribution in [0.4, 0.5) is 0 Å². The fourth-order valence-corrected chi connectivity index (χ4v) is 2.38. The number of hydrogen-bond donors (Lipinski definition) is 0. The normalized spacial score (nSPS) is 22.3. The van der Waals surface area contributed by atoms with Gasteiger partial charge in [0.25, 0.3) is 0 Å². The molecule has 1 aromatic rings. The first-order chi connectivity index (χ1) is 9.13.